The van der Waals surface area contributed by atoms with Gasteiger partial charge in [0.2, 0.25) is 0 Å². The van der Waals surface area contributed by atoms with E-state index in [0.717, 1.165) is 12.8 Å². The van der Waals surface area contributed by atoms with Gasteiger partial charge in [0.05, 0.1) is 11.7 Å². The summed E-state index contributed by atoms with van der Waals surface area (Å²) < 4.78 is 5.70. The molecule has 0 radical (unpaired) electrons. The molecule has 84 valence electrons. The number of carboxylic acids is 1. The van der Waals surface area contributed by atoms with Gasteiger partial charge in [-0.1, -0.05) is 19.9 Å². The van der Waals surface area contributed by atoms with Crippen LogP contribution in [-0.2, 0) is 9.53 Å². The van der Waals surface area contributed by atoms with Crippen LogP contribution in [0.4, 0.5) is 0 Å². The van der Waals surface area contributed by atoms with Gasteiger partial charge in [0.25, 0.3) is 0 Å². The third-order valence-electron chi connectivity index (χ3n) is 3.92. The number of carbonyl (C=O) groups is 1. The van der Waals surface area contributed by atoms with Crippen molar-refractivity contribution in [1.82, 2.24) is 0 Å². The molecule has 0 amide bonds. The van der Waals surface area contributed by atoms with Crippen molar-refractivity contribution >= 4 is 5.97 Å². The number of fused-ring (bicyclic) bond motifs is 1. The monoisotopic (exact) mass is 210 g/mol. The van der Waals surface area contributed by atoms with Crippen molar-refractivity contribution in [2.45, 2.75) is 45.3 Å². The van der Waals surface area contributed by atoms with Crippen LogP contribution in [-0.4, -0.2) is 22.8 Å². The van der Waals surface area contributed by atoms with Crippen molar-refractivity contribution in [3.05, 3.63) is 12.2 Å². The molecule has 0 bridgehead atoms. The van der Waals surface area contributed by atoms with E-state index in [-0.39, 0.29) is 16.9 Å². The van der Waals surface area contributed by atoms with E-state index in [1.807, 2.05) is 6.08 Å². The molecular weight excluding hydrogens is 192 g/mol. The molecule has 1 saturated carbocycles. The number of carboxylic acid groups (broad SMARTS) is 1. The van der Waals surface area contributed by atoms with Gasteiger partial charge in [0, 0.05) is 12.0 Å². The molecule has 1 aliphatic heterocycles. The van der Waals surface area contributed by atoms with E-state index in [2.05, 4.69) is 20.8 Å². The molecule has 0 spiro atoms. The van der Waals surface area contributed by atoms with Gasteiger partial charge < -0.3 is 9.84 Å². The topological polar surface area (TPSA) is 49.8 Å². The number of rotatable bonds is 2. The van der Waals surface area contributed by atoms with E-state index in [9.17, 15) is 4.79 Å². The molecule has 2 aliphatic rings. The summed E-state index contributed by atoms with van der Waals surface area (Å²) in [6.45, 7) is 6.47. The Kier molecular flexibility index (Phi) is 2.19. The molecular formula is C12H18O3. The summed E-state index contributed by atoms with van der Waals surface area (Å²) >= 11 is 0. The average molecular weight is 210 g/mol. The van der Waals surface area contributed by atoms with Crippen LogP contribution in [0.1, 0.15) is 33.6 Å². The van der Waals surface area contributed by atoms with Crippen LogP contribution in [0.5, 0.6) is 0 Å². The van der Waals surface area contributed by atoms with Gasteiger partial charge in [-0.15, -0.1) is 0 Å². The Morgan fingerprint density at radius 3 is 2.73 bits per heavy atom. The Morgan fingerprint density at radius 1 is 1.47 bits per heavy atom. The lowest BCUT2D eigenvalue weighted by atomic mass is 9.64. The Bertz CT molecular complexity index is 314. The first-order chi connectivity index (χ1) is 6.86. The molecule has 3 unspecified atom stereocenters. The Labute approximate surface area is 90.1 Å². The third kappa shape index (κ3) is 1.69. The van der Waals surface area contributed by atoms with Crippen LogP contribution < -0.4 is 0 Å². The largest absolute Gasteiger partial charge is 0.478 e. The molecule has 0 aromatic heterocycles. The predicted molar refractivity (Wildman–Crippen MR) is 56.6 cm³/mol. The second-order valence-corrected chi connectivity index (χ2v) is 5.49. The number of hydrogen-bond acceptors (Lipinski definition) is 2. The molecule has 3 atom stereocenters. The summed E-state index contributed by atoms with van der Waals surface area (Å²) in [5.41, 5.74) is 0.0153. The van der Waals surface area contributed by atoms with Crippen LogP contribution >= 0.6 is 0 Å². The normalized spacial score (nSPS) is 42.6. The highest BCUT2D eigenvalue weighted by atomic mass is 16.6. The van der Waals surface area contributed by atoms with E-state index in [1.54, 1.807) is 0 Å². The minimum atomic E-state index is -0.878. The van der Waals surface area contributed by atoms with Gasteiger partial charge in [-0.3, -0.25) is 0 Å². The maximum atomic E-state index is 10.5. The van der Waals surface area contributed by atoms with Crippen molar-refractivity contribution in [2.24, 2.45) is 11.3 Å². The van der Waals surface area contributed by atoms with Gasteiger partial charge in [0.1, 0.15) is 0 Å². The summed E-state index contributed by atoms with van der Waals surface area (Å²) in [5.74, 6) is -0.669. The molecule has 2 fully saturated rings. The third-order valence-corrected chi connectivity index (χ3v) is 3.92. The second-order valence-electron chi connectivity index (χ2n) is 5.49. The fraction of sp³-hybridized carbons (Fsp3) is 0.750. The molecule has 1 saturated heterocycles. The first kappa shape index (κ1) is 10.7. The van der Waals surface area contributed by atoms with Crippen molar-refractivity contribution in [3.8, 4) is 0 Å². The van der Waals surface area contributed by atoms with E-state index in [4.69, 9.17) is 9.84 Å². The summed E-state index contributed by atoms with van der Waals surface area (Å²) in [6, 6.07) is 0. The van der Waals surface area contributed by atoms with Crippen molar-refractivity contribution in [1.29, 1.82) is 0 Å². The smallest absolute Gasteiger partial charge is 0.327 e. The molecule has 1 aliphatic carbocycles. The van der Waals surface area contributed by atoms with E-state index in [1.165, 1.54) is 6.08 Å². The predicted octanol–water partition coefficient (Wildman–Crippen LogP) is 2.22. The highest BCUT2D eigenvalue weighted by molar-refractivity contribution is 5.79. The number of epoxide rings is 1. The molecule has 0 aromatic carbocycles. The minimum Gasteiger partial charge on any atom is -0.478 e. The minimum absolute atomic E-state index is 0.117. The van der Waals surface area contributed by atoms with Crippen LogP contribution in [0.3, 0.4) is 0 Å². The number of ether oxygens (including phenoxy) is 1. The quantitative estimate of drug-likeness (QED) is 0.561. The molecule has 3 heteroatoms. The Hall–Kier alpha value is -0.830. The lowest BCUT2D eigenvalue weighted by Gasteiger charge is -2.38. The zero-order valence-corrected chi connectivity index (χ0v) is 9.49. The summed E-state index contributed by atoms with van der Waals surface area (Å²) in [5, 5.41) is 8.67. The number of aliphatic carboxylic acids is 1. The maximum Gasteiger partial charge on any atom is 0.327 e. The van der Waals surface area contributed by atoms with Crippen LogP contribution in [0.2, 0.25) is 0 Å². The van der Waals surface area contributed by atoms with Crippen molar-refractivity contribution < 1.29 is 14.6 Å². The van der Waals surface area contributed by atoms with E-state index >= 15 is 0 Å². The van der Waals surface area contributed by atoms with E-state index < -0.39 is 5.97 Å². The van der Waals surface area contributed by atoms with Gasteiger partial charge in [-0.25, -0.2) is 4.79 Å². The molecule has 1 heterocycles. The maximum absolute atomic E-state index is 10.5. The highest BCUT2D eigenvalue weighted by Crippen LogP contribution is 2.58. The Morgan fingerprint density at radius 2 is 2.13 bits per heavy atom. The summed E-state index contributed by atoms with van der Waals surface area (Å²) in [7, 11) is 0. The fourth-order valence-corrected chi connectivity index (χ4v) is 2.96. The fourth-order valence-electron chi connectivity index (χ4n) is 2.96. The van der Waals surface area contributed by atoms with Crippen LogP contribution in [0.15, 0.2) is 12.2 Å². The molecule has 0 aromatic rings. The Balaban J connectivity index is 2.21. The first-order valence-electron chi connectivity index (χ1n) is 5.45. The standard InChI is InChI=1S/C12H18O3/c1-11(2)7-6-9-12(3,15-9)8(11)4-5-10(13)14/h4-5,8-9H,6-7H2,1-3H3,(H,13,14)/b5-4+. The van der Waals surface area contributed by atoms with Crippen molar-refractivity contribution in [2.75, 3.05) is 0 Å². The average Bonchev–Trinajstić information content (AvgIpc) is 2.74. The summed E-state index contributed by atoms with van der Waals surface area (Å²) in [4.78, 5) is 10.5. The highest BCUT2D eigenvalue weighted by Gasteiger charge is 2.63. The summed E-state index contributed by atoms with van der Waals surface area (Å²) in [6.07, 6.45) is 5.60. The van der Waals surface area contributed by atoms with Crippen LogP contribution in [0, 0.1) is 11.3 Å². The van der Waals surface area contributed by atoms with Gasteiger partial charge in [-0.05, 0) is 25.2 Å². The number of hydrogen-bond donors (Lipinski definition) is 1. The van der Waals surface area contributed by atoms with Gasteiger partial charge in [0.15, 0.2) is 0 Å². The molecule has 2 rings (SSSR count). The lowest BCUT2D eigenvalue weighted by Crippen LogP contribution is -2.39. The van der Waals surface area contributed by atoms with Gasteiger partial charge >= 0.3 is 5.97 Å². The van der Waals surface area contributed by atoms with Crippen molar-refractivity contribution in [3.63, 3.8) is 0 Å². The van der Waals surface area contributed by atoms with Gasteiger partial charge in [-0.2, -0.15) is 0 Å². The molecule has 1 N–H and O–H groups in total. The second kappa shape index (κ2) is 3.08. The molecule has 3 nitrogen and oxygen atoms in total. The lowest BCUT2D eigenvalue weighted by molar-refractivity contribution is -0.131. The SMILES string of the molecule is CC1(C)CCC2OC2(C)C1/C=C/C(=O)O. The molecule has 15 heavy (non-hydrogen) atoms. The van der Waals surface area contributed by atoms with Crippen LogP contribution in [0.25, 0.3) is 0 Å². The zero-order valence-electron chi connectivity index (χ0n) is 9.49. The first-order valence-corrected chi connectivity index (χ1v) is 5.45. The van der Waals surface area contributed by atoms with E-state index in [0.29, 0.717) is 6.10 Å². The zero-order chi connectivity index (χ0) is 11.3.